The third-order valence-electron chi connectivity index (χ3n) is 4.68. The number of rotatable bonds is 5. The molecule has 1 atom stereocenters. The third kappa shape index (κ3) is 4.89. The molecule has 128 valence electrons. The summed E-state index contributed by atoms with van der Waals surface area (Å²) in [5.41, 5.74) is -0.0753. The maximum absolute atomic E-state index is 11.9. The van der Waals surface area contributed by atoms with Gasteiger partial charge in [0, 0.05) is 33.7 Å². The molecule has 0 radical (unpaired) electrons. The van der Waals surface area contributed by atoms with Gasteiger partial charge in [0.15, 0.2) is 5.96 Å². The van der Waals surface area contributed by atoms with Crippen molar-refractivity contribution in [2.75, 3.05) is 33.7 Å². The van der Waals surface area contributed by atoms with Crippen molar-refractivity contribution < 1.29 is 4.79 Å². The van der Waals surface area contributed by atoms with Crippen LogP contribution in [0.15, 0.2) is 4.99 Å². The van der Waals surface area contributed by atoms with Crippen LogP contribution in [0, 0.1) is 10.8 Å². The Balaban J connectivity index is 2.67. The Hall–Kier alpha value is -1.26. The van der Waals surface area contributed by atoms with Gasteiger partial charge in [-0.25, -0.2) is 0 Å². The van der Waals surface area contributed by atoms with Crippen molar-refractivity contribution in [2.45, 2.75) is 53.4 Å². The number of guanidine groups is 1. The average molecular weight is 310 g/mol. The number of hydrogen-bond donors (Lipinski definition) is 2. The second-order valence-electron chi connectivity index (χ2n) is 7.45. The van der Waals surface area contributed by atoms with E-state index in [2.05, 4.69) is 34.4 Å². The van der Waals surface area contributed by atoms with Crippen LogP contribution in [0.3, 0.4) is 0 Å². The van der Waals surface area contributed by atoms with Crippen molar-refractivity contribution in [1.29, 1.82) is 0 Å². The lowest BCUT2D eigenvalue weighted by Crippen LogP contribution is -2.52. The molecule has 5 nitrogen and oxygen atoms in total. The molecule has 0 aromatic carbocycles. The van der Waals surface area contributed by atoms with Gasteiger partial charge in [0.1, 0.15) is 0 Å². The summed E-state index contributed by atoms with van der Waals surface area (Å²) >= 11 is 0. The zero-order chi connectivity index (χ0) is 16.8. The highest BCUT2D eigenvalue weighted by Gasteiger charge is 2.32. The number of nitrogens with zero attached hydrogens (tertiary/aromatic N) is 2. The predicted molar refractivity (Wildman–Crippen MR) is 93.0 cm³/mol. The van der Waals surface area contributed by atoms with E-state index < -0.39 is 5.41 Å². The van der Waals surface area contributed by atoms with Gasteiger partial charge in [-0.1, -0.05) is 20.3 Å². The number of carbonyl (C=O) groups excluding carboxylic acids is 1. The maximum Gasteiger partial charge on any atom is 0.227 e. The SMILES string of the molecule is CCCC1(C)CCCN(C(=NC)NCC(C)(C)C(=O)NC)C1. The zero-order valence-corrected chi connectivity index (χ0v) is 15.3. The Morgan fingerprint density at radius 3 is 2.64 bits per heavy atom. The van der Waals surface area contributed by atoms with Gasteiger partial charge >= 0.3 is 0 Å². The first kappa shape index (κ1) is 18.8. The molecule has 0 aromatic heterocycles. The second kappa shape index (κ2) is 7.84. The van der Waals surface area contributed by atoms with Gasteiger partial charge in [-0.05, 0) is 38.5 Å². The number of carbonyl (C=O) groups is 1. The van der Waals surface area contributed by atoms with E-state index in [1.807, 2.05) is 20.9 Å². The summed E-state index contributed by atoms with van der Waals surface area (Å²) in [4.78, 5) is 18.7. The molecular weight excluding hydrogens is 276 g/mol. The maximum atomic E-state index is 11.9. The molecule has 1 saturated heterocycles. The number of nitrogens with one attached hydrogen (secondary N) is 2. The molecular formula is C17H34N4O. The van der Waals surface area contributed by atoms with Crippen LogP contribution >= 0.6 is 0 Å². The van der Waals surface area contributed by atoms with Crippen LogP contribution in [-0.2, 0) is 4.79 Å². The summed E-state index contributed by atoms with van der Waals surface area (Å²) in [6.07, 6.45) is 4.97. The monoisotopic (exact) mass is 310 g/mol. The first-order chi connectivity index (χ1) is 10.3. The standard InChI is InChI=1S/C17H34N4O/c1-7-9-17(4)10-8-11-21(13-17)15(19-6)20-12-16(2,3)14(22)18-5/h7-13H2,1-6H3,(H,18,22)(H,19,20). The van der Waals surface area contributed by atoms with Crippen LogP contribution in [-0.4, -0.2) is 50.5 Å². The van der Waals surface area contributed by atoms with Crippen molar-refractivity contribution in [3.8, 4) is 0 Å². The lowest BCUT2D eigenvalue weighted by molar-refractivity contribution is -0.128. The van der Waals surface area contributed by atoms with E-state index in [4.69, 9.17) is 0 Å². The first-order valence-corrected chi connectivity index (χ1v) is 8.46. The van der Waals surface area contributed by atoms with Crippen LogP contribution in [0.2, 0.25) is 0 Å². The van der Waals surface area contributed by atoms with Gasteiger partial charge in [-0.3, -0.25) is 9.79 Å². The van der Waals surface area contributed by atoms with Crippen molar-refractivity contribution in [1.82, 2.24) is 15.5 Å². The summed E-state index contributed by atoms with van der Waals surface area (Å²) in [5.74, 6) is 0.962. The molecule has 0 aromatic rings. The summed E-state index contributed by atoms with van der Waals surface area (Å²) in [7, 11) is 3.50. The molecule has 22 heavy (non-hydrogen) atoms. The van der Waals surface area contributed by atoms with Crippen LogP contribution in [0.25, 0.3) is 0 Å². The smallest absolute Gasteiger partial charge is 0.227 e. The summed E-state index contributed by atoms with van der Waals surface area (Å²) in [6.45, 7) is 11.2. The molecule has 2 N–H and O–H groups in total. The second-order valence-corrected chi connectivity index (χ2v) is 7.45. The molecule has 0 aliphatic carbocycles. The molecule has 0 bridgehead atoms. The van der Waals surface area contributed by atoms with Gasteiger partial charge in [0.05, 0.1) is 5.41 Å². The minimum atomic E-state index is -0.451. The lowest BCUT2D eigenvalue weighted by Gasteiger charge is -2.42. The number of aliphatic imine (C=N–C) groups is 1. The predicted octanol–water partition coefficient (Wildman–Crippen LogP) is 2.24. The Bertz CT molecular complexity index is 401. The van der Waals surface area contributed by atoms with Crippen LogP contribution in [0.4, 0.5) is 0 Å². The zero-order valence-electron chi connectivity index (χ0n) is 15.3. The van der Waals surface area contributed by atoms with Crippen molar-refractivity contribution >= 4 is 11.9 Å². The Labute approximate surface area is 135 Å². The fourth-order valence-electron chi connectivity index (χ4n) is 3.35. The summed E-state index contributed by atoms with van der Waals surface area (Å²) in [6, 6.07) is 0. The Morgan fingerprint density at radius 2 is 2.09 bits per heavy atom. The minimum absolute atomic E-state index is 0.0462. The molecule has 1 rings (SSSR count). The van der Waals surface area contributed by atoms with Crippen molar-refractivity contribution in [3.05, 3.63) is 0 Å². The number of piperidine rings is 1. The van der Waals surface area contributed by atoms with E-state index in [1.165, 1.54) is 25.7 Å². The topological polar surface area (TPSA) is 56.7 Å². The van der Waals surface area contributed by atoms with Gasteiger partial charge in [-0.15, -0.1) is 0 Å². The first-order valence-electron chi connectivity index (χ1n) is 8.46. The summed E-state index contributed by atoms with van der Waals surface area (Å²) in [5, 5.41) is 6.11. The van der Waals surface area contributed by atoms with Gasteiger partial charge < -0.3 is 15.5 Å². The highest BCUT2D eigenvalue weighted by Crippen LogP contribution is 2.33. The summed E-state index contributed by atoms with van der Waals surface area (Å²) < 4.78 is 0. The van der Waals surface area contributed by atoms with Crippen molar-refractivity contribution in [3.63, 3.8) is 0 Å². The van der Waals surface area contributed by atoms with Crippen molar-refractivity contribution in [2.24, 2.45) is 15.8 Å². The molecule has 5 heteroatoms. The van der Waals surface area contributed by atoms with E-state index in [0.29, 0.717) is 12.0 Å². The Kier molecular flexibility index (Phi) is 6.69. The minimum Gasteiger partial charge on any atom is -0.359 e. The molecule has 1 aliphatic rings. The van der Waals surface area contributed by atoms with Gasteiger partial charge in [-0.2, -0.15) is 0 Å². The highest BCUT2D eigenvalue weighted by atomic mass is 16.2. The van der Waals surface area contributed by atoms with Crippen LogP contribution in [0.5, 0.6) is 0 Å². The quantitative estimate of drug-likeness (QED) is 0.605. The molecule has 1 fully saturated rings. The number of hydrogen-bond acceptors (Lipinski definition) is 2. The third-order valence-corrected chi connectivity index (χ3v) is 4.68. The lowest BCUT2D eigenvalue weighted by atomic mass is 9.78. The van der Waals surface area contributed by atoms with E-state index in [0.717, 1.165) is 19.0 Å². The number of likely N-dealkylation sites (tertiary alicyclic amines) is 1. The number of amides is 1. The van der Waals surface area contributed by atoms with Gasteiger partial charge in [0.2, 0.25) is 5.91 Å². The average Bonchev–Trinajstić information content (AvgIpc) is 2.47. The molecule has 1 amide bonds. The largest absolute Gasteiger partial charge is 0.359 e. The van der Waals surface area contributed by atoms with Gasteiger partial charge in [0.25, 0.3) is 0 Å². The molecule has 1 unspecified atom stereocenters. The Morgan fingerprint density at radius 1 is 1.41 bits per heavy atom. The van der Waals surface area contributed by atoms with E-state index in [9.17, 15) is 4.79 Å². The molecule has 0 spiro atoms. The molecule has 1 heterocycles. The van der Waals surface area contributed by atoms with Crippen LogP contribution in [0.1, 0.15) is 53.4 Å². The van der Waals surface area contributed by atoms with E-state index in [-0.39, 0.29) is 5.91 Å². The fraction of sp³-hybridized carbons (Fsp3) is 0.882. The highest BCUT2D eigenvalue weighted by molar-refractivity contribution is 5.84. The normalized spacial score (nSPS) is 23.4. The molecule has 0 saturated carbocycles. The van der Waals surface area contributed by atoms with Crippen LogP contribution < -0.4 is 10.6 Å². The fourth-order valence-corrected chi connectivity index (χ4v) is 3.35. The molecule has 1 aliphatic heterocycles. The van der Waals surface area contributed by atoms with E-state index in [1.54, 1.807) is 7.05 Å². The van der Waals surface area contributed by atoms with E-state index >= 15 is 0 Å².